The van der Waals surface area contributed by atoms with E-state index in [9.17, 15) is 0 Å². The van der Waals surface area contributed by atoms with Gasteiger partial charge in [0.1, 0.15) is 4.83 Å². The van der Waals surface area contributed by atoms with Crippen LogP contribution < -0.4 is 25.6 Å². The van der Waals surface area contributed by atoms with E-state index in [0.29, 0.717) is 0 Å². The van der Waals surface area contributed by atoms with Crippen molar-refractivity contribution in [1.82, 2.24) is 4.98 Å². The van der Waals surface area contributed by atoms with E-state index >= 15 is 0 Å². The molecule has 0 spiro atoms. The van der Waals surface area contributed by atoms with E-state index in [1.807, 2.05) is 6.20 Å². The molecule has 9 aromatic carbocycles. The summed E-state index contributed by atoms with van der Waals surface area (Å²) in [6.07, 6.45) is 2.03. The van der Waals surface area contributed by atoms with Gasteiger partial charge in [-0.25, -0.2) is 4.98 Å². The second-order valence-corrected chi connectivity index (χ2v) is 20.0. The second kappa shape index (κ2) is 14.7. The highest BCUT2D eigenvalue weighted by Gasteiger charge is 2.41. The maximum atomic E-state index is 4.93. The van der Waals surface area contributed by atoms with Crippen molar-refractivity contribution in [2.45, 2.75) is 0 Å². The molecular weight excluding hydrogens is 749 g/mol. The highest BCUT2D eigenvalue weighted by Crippen LogP contribution is 2.40. The smallest absolute Gasteiger partial charge is 0.179 e. The third kappa shape index (κ3) is 6.04. The Kier molecular flexibility index (Phi) is 8.73. The molecule has 278 valence electrons. The molecule has 11 aromatic rings. The molecule has 0 aliphatic rings. The second-order valence-electron chi connectivity index (χ2n) is 15.2. The van der Waals surface area contributed by atoms with E-state index in [2.05, 4.69) is 229 Å². The van der Waals surface area contributed by atoms with Gasteiger partial charge in [0.2, 0.25) is 0 Å². The summed E-state index contributed by atoms with van der Waals surface area (Å²) >= 11 is 1.76. The first kappa shape index (κ1) is 35.1. The minimum absolute atomic E-state index is 1.08. The molecule has 2 aromatic heterocycles. The lowest BCUT2D eigenvalue weighted by Crippen LogP contribution is -2.74. The maximum absolute atomic E-state index is 4.93. The van der Waals surface area contributed by atoms with Crippen LogP contribution in [0.15, 0.2) is 231 Å². The normalized spacial score (nSPS) is 11.7. The molecule has 0 bridgehead atoms. The van der Waals surface area contributed by atoms with Gasteiger partial charge in [0.15, 0.2) is 8.07 Å². The molecule has 4 heteroatoms. The number of pyridine rings is 1. The van der Waals surface area contributed by atoms with Gasteiger partial charge in [-0.15, -0.1) is 11.3 Å². The summed E-state index contributed by atoms with van der Waals surface area (Å²) in [6, 6.07) is 82.6. The van der Waals surface area contributed by atoms with Crippen molar-refractivity contribution in [3.63, 3.8) is 0 Å². The van der Waals surface area contributed by atoms with Crippen LogP contribution in [0.25, 0.3) is 53.0 Å². The van der Waals surface area contributed by atoms with E-state index in [0.717, 1.165) is 32.8 Å². The van der Waals surface area contributed by atoms with Gasteiger partial charge in [-0.3, -0.25) is 0 Å². The molecule has 0 atom stereocenters. The van der Waals surface area contributed by atoms with Gasteiger partial charge in [-0.1, -0.05) is 176 Å². The van der Waals surface area contributed by atoms with Crippen LogP contribution in [-0.4, -0.2) is 13.1 Å². The molecule has 59 heavy (non-hydrogen) atoms. The summed E-state index contributed by atoms with van der Waals surface area (Å²) in [6.45, 7) is 0. The van der Waals surface area contributed by atoms with Crippen molar-refractivity contribution in [2.24, 2.45) is 0 Å². The van der Waals surface area contributed by atoms with Crippen LogP contribution in [0.2, 0.25) is 0 Å². The van der Waals surface area contributed by atoms with Crippen molar-refractivity contribution < 1.29 is 0 Å². The summed E-state index contributed by atoms with van der Waals surface area (Å²) in [7, 11) is -2.68. The summed E-state index contributed by atoms with van der Waals surface area (Å²) in [4.78, 5) is 8.41. The van der Waals surface area contributed by atoms with Crippen molar-refractivity contribution in [1.29, 1.82) is 0 Å². The molecule has 0 unspecified atom stereocenters. The van der Waals surface area contributed by atoms with Gasteiger partial charge >= 0.3 is 0 Å². The number of nitrogens with zero attached hydrogens (tertiary/aromatic N) is 2. The fraction of sp³-hybridized carbons (Fsp3) is 0. The number of anilines is 3. The van der Waals surface area contributed by atoms with Gasteiger partial charge in [0, 0.05) is 44.1 Å². The summed E-state index contributed by atoms with van der Waals surface area (Å²) < 4.78 is 1.27. The van der Waals surface area contributed by atoms with Crippen LogP contribution in [0.5, 0.6) is 0 Å². The number of thiophene rings is 1. The number of benzene rings is 9. The molecule has 0 amide bonds. The summed E-state index contributed by atoms with van der Waals surface area (Å²) in [5.74, 6) is 0. The molecule has 0 radical (unpaired) electrons. The van der Waals surface area contributed by atoms with Crippen molar-refractivity contribution >= 4 is 99.1 Å². The Morgan fingerprint density at radius 1 is 0.373 bits per heavy atom. The highest BCUT2D eigenvalue weighted by molar-refractivity contribution is 7.25. The van der Waals surface area contributed by atoms with Crippen LogP contribution in [0, 0.1) is 0 Å². The topological polar surface area (TPSA) is 16.1 Å². The lowest BCUT2D eigenvalue weighted by atomic mass is 9.99. The monoisotopic (exact) mass is 786 g/mol. The fourth-order valence-corrected chi connectivity index (χ4v) is 14.9. The minimum atomic E-state index is -2.68. The minimum Gasteiger partial charge on any atom is -0.310 e. The summed E-state index contributed by atoms with van der Waals surface area (Å²) in [5, 5.41) is 12.8. The highest BCUT2D eigenvalue weighted by atomic mass is 32.1. The molecule has 2 heterocycles. The Morgan fingerprint density at radius 2 is 0.949 bits per heavy atom. The number of hydrogen-bond donors (Lipinski definition) is 0. The molecule has 0 fully saturated rings. The fourth-order valence-electron chi connectivity index (χ4n) is 9.10. The number of rotatable bonds is 8. The van der Waals surface area contributed by atoms with E-state index in [1.165, 1.54) is 57.9 Å². The molecule has 11 rings (SSSR count). The van der Waals surface area contributed by atoms with E-state index in [1.54, 1.807) is 11.3 Å². The average Bonchev–Trinajstić information content (AvgIpc) is 3.70. The SMILES string of the molecule is c1ccc([Si](c2ccccc2)(c2ccccc2)c2ccc(N(c3cccc(-c4ccc5c(cnc6sc7ccccc7c65)c4)c3)c3ccc4ccccc4c3)cc2)cc1. The largest absolute Gasteiger partial charge is 0.310 e. The Bertz CT molecular complexity index is 3170. The lowest BCUT2D eigenvalue weighted by molar-refractivity contribution is 1.29. The zero-order chi connectivity index (χ0) is 39.2. The molecule has 0 aliphatic carbocycles. The Hall–Kier alpha value is -7.11. The molecule has 2 nitrogen and oxygen atoms in total. The Balaban J connectivity index is 1.06. The molecule has 0 saturated heterocycles. The van der Waals surface area contributed by atoms with E-state index in [-0.39, 0.29) is 0 Å². The Labute approximate surface area is 349 Å². The van der Waals surface area contributed by atoms with E-state index in [4.69, 9.17) is 4.98 Å². The third-order valence-electron chi connectivity index (χ3n) is 11.8. The van der Waals surface area contributed by atoms with Gasteiger partial charge in [0.05, 0.1) is 0 Å². The predicted octanol–water partition coefficient (Wildman–Crippen LogP) is 12.3. The summed E-state index contributed by atoms with van der Waals surface area (Å²) in [5.41, 5.74) is 5.64. The van der Waals surface area contributed by atoms with Gasteiger partial charge in [-0.05, 0) is 96.6 Å². The van der Waals surface area contributed by atoms with Crippen LogP contribution >= 0.6 is 11.3 Å². The number of aromatic nitrogens is 1. The van der Waals surface area contributed by atoms with Gasteiger partial charge in [0.25, 0.3) is 0 Å². The standard InChI is InChI=1S/C55H38N2SSi/c1-4-19-47(20-5-1)59(48-21-6-2-7-22-48,49-23-8-3-9-24-49)50-32-30-44(31-33-50)57(46-29-27-39-15-10-11-16-40(39)36-46)45-18-14-17-41(37-45)42-28-34-51-43(35-42)38-56-55-54(51)52-25-12-13-26-53(52)58-55/h1-38H. The van der Waals surface area contributed by atoms with Crippen molar-refractivity contribution in [3.05, 3.63) is 231 Å². The van der Waals surface area contributed by atoms with Crippen LogP contribution in [-0.2, 0) is 0 Å². The first-order valence-corrected chi connectivity index (χ1v) is 22.9. The number of fused-ring (bicyclic) bond motifs is 6. The van der Waals surface area contributed by atoms with Crippen LogP contribution in [0.3, 0.4) is 0 Å². The zero-order valence-corrected chi connectivity index (χ0v) is 34.1. The first-order valence-electron chi connectivity index (χ1n) is 20.1. The lowest BCUT2D eigenvalue weighted by Gasteiger charge is -2.35. The average molecular weight is 787 g/mol. The molecular formula is C55H38N2SSi. The third-order valence-corrected chi connectivity index (χ3v) is 17.7. The van der Waals surface area contributed by atoms with Gasteiger partial charge < -0.3 is 4.90 Å². The Morgan fingerprint density at radius 3 is 1.66 bits per heavy atom. The van der Waals surface area contributed by atoms with E-state index < -0.39 is 8.07 Å². The number of hydrogen-bond acceptors (Lipinski definition) is 3. The maximum Gasteiger partial charge on any atom is 0.179 e. The quantitative estimate of drug-likeness (QED) is 0.113. The molecule has 0 saturated carbocycles. The van der Waals surface area contributed by atoms with Crippen molar-refractivity contribution in [3.8, 4) is 11.1 Å². The van der Waals surface area contributed by atoms with Crippen LogP contribution in [0.1, 0.15) is 0 Å². The molecule has 0 aliphatic heterocycles. The predicted molar refractivity (Wildman–Crippen MR) is 256 cm³/mol. The van der Waals surface area contributed by atoms with Crippen molar-refractivity contribution in [2.75, 3.05) is 4.90 Å². The zero-order valence-electron chi connectivity index (χ0n) is 32.2. The van der Waals surface area contributed by atoms with Crippen LogP contribution in [0.4, 0.5) is 17.1 Å². The van der Waals surface area contributed by atoms with Gasteiger partial charge in [-0.2, -0.15) is 0 Å². The first-order chi connectivity index (χ1) is 29.2. The molecule has 0 N–H and O–H groups in total.